The van der Waals surface area contributed by atoms with E-state index in [2.05, 4.69) is 15.3 Å². The van der Waals surface area contributed by atoms with Crippen LogP contribution in [0.15, 0.2) is 53.6 Å². The SMILES string of the molecule is O=C(N/N=C/c1ccccc1OC(F)F)c1ccccc1Cl. The van der Waals surface area contributed by atoms with Gasteiger partial charge in [-0.2, -0.15) is 13.9 Å². The maximum absolute atomic E-state index is 12.3. The Morgan fingerprint density at radius 2 is 1.86 bits per heavy atom. The van der Waals surface area contributed by atoms with Crippen LogP contribution in [0.2, 0.25) is 5.02 Å². The van der Waals surface area contributed by atoms with Gasteiger partial charge in [0.1, 0.15) is 5.75 Å². The first kappa shape index (κ1) is 15.9. The minimum Gasteiger partial charge on any atom is -0.434 e. The lowest BCUT2D eigenvalue weighted by atomic mass is 10.2. The van der Waals surface area contributed by atoms with Crippen molar-refractivity contribution in [3.05, 3.63) is 64.7 Å². The standard InChI is InChI=1S/C15H11ClF2N2O2/c16-12-7-3-2-6-11(12)14(21)20-19-9-10-5-1-4-8-13(10)22-15(17)18/h1-9,15H,(H,20,21)/b19-9+. The van der Waals surface area contributed by atoms with Gasteiger partial charge >= 0.3 is 6.61 Å². The van der Waals surface area contributed by atoms with Crippen molar-refractivity contribution in [2.24, 2.45) is 5.10 Å². The fourth-order valence-corrected chi connectivity index (χ4v) is 1.88. The van der Waals surface area contributed by atoms with Crippen molar-refractivity contribution in [2.45, 2.75) is 6.61 Å². The van der Waals surface area contributed by atoms with Gasteiger partial charge in [-0.1, -0.05) is 35.9 Å². The number of rotatable bonds is 5. The first-order valence-electron chi connectivity index (χ1n) is 6.19. The Labute approximate surface area is 130 Å². The van der Waals surface area contributed by atoms with Crippen LogP contribution >= 0.6 is 11.6 Å². The summed E-state index contributed by atoms with van der Waals surface area (Å²) in [5.74, 6) is -0.539. The molecule has 0 atom stereocenters. The van der Waals surface area contributed by atoms with E-state index in [9.17, 15) is 13.6 Å². The highest BCUT2D eigenvalue weighted by molar-refractivity contribution is 6.33. The Morgan fingerprint density at radius 3 is 2.59 bits per heavy atom. The summed E-state index contributed by atoms with van der Waals surface area (Å²) in [6.07, 6.45) is 1.21. The van der Waals surface area contributed by atoms with E-state index in [1.54, 1.807) is 36.4 Å². The van der Waals surface area contributed by atoms with Crippen LogP contribution in [-0.2, 0) is 0 Å². The zero-order valence-corrected chi connectivity index (χ0v) is 11.9. The fraction of sp³-hybridized carbons (Fsp3) is 0.0667. The monoisotopic (exact) mass is 324 g/mol. The van der Waals surface area contributed by atoms with Crippen LogP contribution in [0.4, 0.5) is 8.78 Å². The molecule has 22 heavy (non-hydrogen) atoms. The Balaban J connectivity index is 2.07. The largest absolute Gasteiger partial charge is 0.434 e. The lowest BCUT2D eigenvalue weighted by Gasteiger charge is -2.07. The van der Waals surface area contributed by atoms with Crippen LogP contribution in [0.3, 0.4) is 0 Å². The van der Waals surface area contributed by atoms with E-state index in [1.165, 1.54) is 18.3 Å². The summed E-state index contributed by atoms with van der Waals surface area (Å²) in [5.41, 5.74) is 2.84. The summed E-state index contributed by atoms with van der Waals surface area (Å²) >= 11 is 5.88. The van der Waals surface area contributed by atoms with Gasteiger partial charge in [0, 0.05) is 5.56 Å². The quantitative estimate of drug-likeness (QED) is 0.673. The van der Waals surface area contributed by atoms with Crippen LogP contribution in [0.1, 0.15) is 15.9 Å². The van der Waals surface area contributed by atoms with Crippen LogP contribution in [0.25, 0.3) is 0 Å². The molecular weight excluding hydrogens is 314 g/mol. The average Bonchev–Trinajstić information content (AvgIpc) is 2.49. The molecular formula is C15H11ClF2N2O2. The number of benzene rings is 2. The number of ether oxygens (including phenoxy) is 1. The number of hydrazone groups is 1. The molecule has 1 amide bonds. The molecule has 0 radical (unpaired) electrons. The topological polar surface area (TPSA) is 50.7 Å². The molecule has 2 aromatic rings. The number of hydrogen-bond acceptors (Lipinski definition) is 3. The van der Waals surface area contributed by atoms with Gasteiger partial charge in [0.25, 0.3) is 5.91 Å². The van der Waals surface area contributed by atoms with Crippen LogP contribution in [-0.4, -0.2) is 18.7 Å². The number of nitrogens with zero attached hydrogens (tertiary/aromatic N) is 1. The summed E-state index contributed by atoms with van der Waals surface area (Å²) in [6, 6.07) is 12.6. The number of halogens is 3. The predicted octanol–water partition coefficient (Wildman–Crippen LogP) is 3.71. The summed E-state index contributed by atoms with van der Waals surface area (Å²) in [5, 5.41) is 4.01. The molecule has 0 aliphatic heterocycles. The molecule has 114 valence electrons. The van der Waals surface area contributed by atoms with Gasteiger partial charge in [-0.25, -0.2) is 5.43 Å². The van der Waals surface area contributed by atoms with E-state index < -0.39 is 12.5 Å². The molecule has 0 fully saturated rings. The molecule has 0 aromatic heterocycles. The molecule has 0 aliphatic rings. The summed E-state index contributed by atoms with van der Waals surface area (Å²) in [4.78, 5) is 11.9. The van der Waals surface area contributed by atoms with Crippen molar-refractivity contribution >= 4 is 23.7 Å². The molecule has 4 nitrogen and oxygen atoms in total. The Bertz CT molecular complexity index is 693. The van der Waals surface area contributed by atoms with E-state index in [0.717, 1.165) is 0 Å². The lowest BCUT2D eigenvalue weighted by molar-refractivity contribution is -0.0499. The van der Waals surface area contributed by atoms with Crippen molar-refractivity contribution in [1.29, 1.82) is 0 Å². The third-order valence-corrected chi connectivity index (χ3v) is 2.95. The highest BCUT2D eigenvalue weighted by atomic mass is 35.5. The molecule has 0 spiro atoms. The van der Waals surface area contributed by atoms with Gasteiger partial charge in [-0.3, -0.25) is 4.79 Å². The second-order valence-electron chi connectivity index (χ2n) is 4.10. The minimum atomic E-state index is -2.94. The predicted molar refractivity (Wildman–Crippen MR) is 79.6 cm³/mol. The van der Waals surface area contributed by atoms with Crippen molar-refractivity contribution in [3.8, 4) is 5.75 Å². The molecule has 2 rings (SSSR count). The molecule has 2 aromatic carbocycles. The molecule has 0 bridgehead atoms. The number of carbonyl (C=O) groups excluding carboxylic acids is 1. The van der Waals surface area contributed by atoms with E-state index in [4.69, 9.17) is 11.6 Å². The number of amides is 1. The fourth-order valence-electron chi connectivity index (χ4n) is 1.66. The number of nitrogens with one attached hydrogen (secondary N) is 1. The smallest absolute Gasteiger partial charge is 0.387 e. The van der Waals surface area contributed by atoms with Gasteiger partial charge in [-0.05, 0) is 24.3 Å². The zero-order chi connectivity index (χ0) is 15.9. The van der Waals surface area contributed by atoms with Gasteiger partial charge in [0.2, 0.25) is 0 Å². The van der Waals surface area contributed by atoms with Crippen molar-refractivity contribution in [1.82, 2.24) is 5.43 Å². The first-order valence-corrected chi connectivity index (χ1v) is 6.57. The van der Waals surface area contributed by atoms with Crippen molar-refractivity contribution in [2.75, 3.05) is 0 Å². The van der Waals surface area contributed by atoms with Crippen LogP contribution in [0, 0.1) is 0 Å². The molecule has 0 heterocycles. The number of carbonyl (C=O) groups is 1. The first-order chi connectivity index (χ1) is 10.6. The minimum absolute atomic E-state index is 0.0340. The highest BCUT2D eigenvalue weighted by Gasteiger charge is 2.09. The van der Waals surface area contributed by atoms with Gasteiger partial charge in [0.05, 0.1) is 16.8 Å². The van der Waals surface area contributed by atoms with E-state index in [0.29, 0.717) is 5.56 Å². The highest BCUT2D eigenvalue weighted by Crippen LogP contribution is 2.18. The van der Waals surface area contributed by atoms with Crippen molar-refractivity contribution < 1.29 is 18.3 Å². The Morgan fingerprint density at radius 1 is 1.18 bits per heavy atom. The Kier molecular flexibility index (Phi) is 5.43. The molecule has 0 aliphatic carbocycles. The van der Waals surface area contributed by atoms with E-state index in [-0.39, 0.29) is 16.3 Å². The molecule has 0 saturated heterocycles. The lowest BCUT2D eigenvalue weighted by Crippen LogP contribution is -2.18. The van der Waals surface area contributed by atoms with Crippen LogP contribution in [0.5, 0.6) is 5.75 Å². The second kappa shape index (κ2) is 7.51. The number of para-hydroxylation sites is 1. The summed E-state index contributed by atoms with van der Waals surface area (Å²) in [6.45, 7) is -2.94. The Hall–Kier alpha value is -2.47. The third kappa shape index (κ3) is 4.26. The second-order valence-corrected chi connectivity index (χ2v) is 4.50. The average molecular weight is 325 g/mol. The van der Waals surface area contributed by atoms with E-state index >= 15 is 0 Å². The molecule has 1 N–H and O–H groups in total. The molecule has 7 heteroatoms. The van der Waals surface area contributed by atoms with Crippen LogP contribution < -0.4 is 10.2 Å². The maximum Gasteiger partial charge on any atom is 0.387 e. The summed E-state index contributed by atoms with van der Waals surface area (Å²) in [7, 11) is 0. The molecule has 0 unspecified atom stereocenters. The van der Waals surface area contributed by atoms with E-state index in [1.807, 2.05) is 0 Å². The maximum atomic E-state index is 12.3. The molecule has 0 saturated carbocycles. The van der Waals surface area contributed by atoms with Gasteiger partial charge in [-0.15, -0.1) is 0 Å². The van der Waals surface area contributed by atoms with Crippen molar-refractivity contribution in [3.63, 3.8) is 0 Å². The third-order valence-electron chi connectivity index (χ3n) is 2.62. The number of alkyl halides is 2. The normalized spacial score (nSPS) is 10.9. The van der Waals surface area contributed by atoms with Gasteiger partial charge in [0.15, 0.2) is 0 Å². The van der Waals surface area contributed by atoms with Gasteiger partial charge < -0.3 is 4.74 Å². The summed E-state index contributed by atoms with van der Waals surface area (Å²) < 4.78 is 28.9. The number of hydrogen-bond donors (Lipinski definition) is 1. The zero-order valence-electron chi connectivity index (χ0n) is 11.2.